The van der Waals surface area contributed by atoms with Crippen LogP contribution in [0.25, 0.3) is 28.0 Å². The van der Waals surface area contributed by atoms with Crippen molar-refractivity contribution < 1.29 is 14.2 Å². The van der Waals surface area contributed by atoms with Gasteiger partial charge in [0, 0.05) is 23.7 Å². The van der Waals surface area contributed by atoms with Crippen LogP contribution in [0.15, 0.2) is 88.6 Å². The van der Waals surface area contributed by atoms with E-state index in [0.717, 1.165) is 28.2 Å². The number of thiazole rings is 1. The first-order chi connectivity index (χ1) is 20.5. The van der Waals surface area contributed by atoms with Gasteiger partial charge in [0.1, 0.15) is 17.1 Å². The monoisotopic (exact) mass is 579 g/mol. The molecule has 3 heterocycles. The zero-order valence-electron chi connectivity index (χ0n) is 23.0. The van der Waals surface area contributed by atoms with Crippen LogP contribution in [0.5, 0.6) is 17.2 Å². The van der Waals surface area contributed by atoms with E-state index in [4.69, 9.17) is 19.3 Å². The van der Waals surface area contributed by atoms with Crippen molar-refractivity contribution in [1.29, 1.82) is 0 Å². The molecular formula is C31H25N5O5S. The molecule has 0 radical (unpaired) electrons. The van der Waals surface area contributed by atoms with Crippen molar-refractivity contribution in [1.82, 2.24) is 24.4 Å². The average molecular weight is 580 g/mol. The van der Waals surface area contributed by atoms with Gasteiger partial charge in [-0.2, -0.15) is 19.7 Å². The lowest BCUT2D eigenvalue weighted by molar-refractivity contribution is 0.355. The van der Waals surface area contributed by atoms with Crippen LogP contribution in [0.2, 0.25) is 0 Å². The number of fused-ring (bicyclic) bond motifs is 1. The summed E-state index contributed by atoms with van der Waals surface area (Å²) in [5, 5.41) is 9.23. The van der Waals surface area contributed by atoms with E-state index < -0.39 is 5.56 Å². The Bertz CT molecular complexity index is 2070. The van der Waals surface area contributed by atoms with Crippen molar-refractivity contribution in [2.75, 3.05) is 21.3 Å². The SMILES string of the molecule is COc1ccc(Cc2nn3c(=O)/c(=C/c4cn(-c5ccccc5)nc4-c4ccc(OC)c(OC)c4)sc3nc2=O)cc1. The molecule has 3 aromatic carbocycles. The van der Waals surface area contributed by atoms with Gasteiger partial charge in [-0.15, -0.1) is 0 Å². The van der Waals surface area contributed by atoms with Crippen molar-refractivity contribution >= 4 is 22.4 Å². The van der Waals surface area contributed by atoms with E-state index in [2.05, 4.69) is 10.1 Å². The van der Waals surface area contributed by atoms with E-state index in [9.17, 15) is 9.59 Å². The largest absolute Gasteiger partial charge is 0.497 e. The van der Waals surface area contributed by atoms with Crippen molar-refractivity contribution in [3.05, 3.63) is 121 Å². The number of para-hydroxylation sites is 1. The second-order valence-electron chi connectivity index (χ2n) is 9.28. The molecular weight excluding hydrogens is 554 g/mol. The van der Waals surface area contributed by atoms with Gasteiger partial charge in [0.15, 0.2) is 11.5 Å². The Hall–Kier alpha value is -5.29. The minimum atomic E-state index is -0.471. The molecule has 6 aromatic rings. The fourth-order valence-electron chi connectivity index (χ4n) is 4.54. The van der Waals surface area contributed by atoms with Gasteiger partial charge in [-0.25, -0.2) is 4.68 Å². The van der Waals surface area contributed by atoms with Crippen molar-refractivity contribution in [3.63, 3.8) is 0 Å². The van der Waals surface area contributed by atoms with Crippen LogP contribution in [0.4, 0.5) is 0 Å². The maximum atomic E-state index is 13.5. The van der Waals surface area contributed by atoms with Crippen LogP contribution in [0.3, 0.4) is 0 Å². The lowest BCUT2D eigenvalue weighted by Gasteiger charge is -2.09. The standard InChI is InChI=1S/C31H25N5O5S/c1-39-23-12-9-19(10-13-23)15-24-29(37)32-31-36(33-24)30(38)27(42-31)17-21-18-35(22-7-5-4-6-8-22)34-28(21)20-11-14-25(40-2)26(16-20)41-3/h4-14,16-18H,15H2,1-3H3/b27-17-. The molecule has 0 unspecified atom stereocenters. The molecule has 0 amide bonds. The molecule has 0 aliphatic rings. The van der Waals surface area contributed by atoms with Crippen LogP contribution < -0.4 is 29.9 Å². The maximum absolute atomic E-state index is 13.5. The third-order valence-corrected chi connectivity index (χ3v) is 7.65. The summed E-state index contributed by atoms with van der Waals surface area (Å²) in [6.07, 6.45) is 3.83. The summed E-state index contributed by atoms with van der Waals surface area (Å²) in [6.45, 7) is 0. The molecule has 210 valence electrons. The maximum Gasteiger partial charge on any atom is 0.296 e. The van der Waals surface area contributed by atoms with Gasteiger partial charge < -0.3 is 14.2 Å². The number of hydrogen-bond donors (Lipinski definition) is 0. The van der Waals surface area contributed by atoms with Gasteiger partial charge in [-0.1, -0.05) is 41.7 Å². The highest BCUT2D eigenvalue weighted by atomic mass is 32.1. The Kier molecular flexibility index (Phi) is 7.24. The predicted octanol–water partition coefficient (Wildman–Crippen LogP) is 3.53. The minimum absolute atomic E-state index is 0.182. The normalized spacial score (nSPS) is 11.6. The van der Waals surface area contributed by atoms with Crippen molar-refractivity contribution in [2.45, 2.75) is 6.42 Å². The highest BCUT2D eigenvalue weighted by Crippen LogP contribution is 2.33. The second kappa shape index (κ2) is 11.3. The van der Waals surface area contributed by atoms with Gasteiger partial charge in [0.25, 0.3) is 11.1 Å². The average Bonchev–Trinajstić information content (AvgIpc) is 3.58. The van der Waals surface area contributed by atoms with Gasteiger partial charge in [-0.3, -0.25) is 9.59 Å². The minimum Gasteiger partial charge on any atom is -0.497 e. The first-order valence-electron chi connectivity index (χ1n) is 12.9. The molecule has 10 nitrogen and oxygen atoms in total. The molecule has 0 bridgehead atoms. The van der Waals surface area contributed by atoms with E-state index in [1.54, 1.807) is 44.2 Å². The Morgan fingerprint density at radius 2 is 1.62 bits per heavy atom. The molecule has 0 aliphatic heterocycles. The Labute approximate surface area is 243 Å². The number of rotatable bonds is 8. The summed E-state index contributed by atoms with van der Waals surface area (Å²) in [7, 11) is 4.74. The topological polar surface area (TPSA) is 110 Å². The molecule has 42 heavy (non-hydrogen) atoms. The summed E-state index contributed by atoms with van der Waals surface area (Å²) >= 11 is 1.10. The Balaban J connectivity index is 1.47. The number of hydrogen-bond acceptors (Lipinski definition) is 9. The highest BCUT2D eigenvalue weighted by Gasteiger charge is 2.16. The van der Waals surface area contributed by atoms with Gasteiger partial charge in [0.2, 0.25) is 4.96 Å². The predicted molar refractivity (Wildman–Crippen MR) is 160 cm³/mol. The van der Waals surface area contributed by atoms with E-state index in [1.807, 2.05) is 66.9 Å². The number of ether oxygens (including phenoxy) is 3. The van der Waals surface area contributed by atoms with Crippen LogP contribution in [-0.4, -0.2) is 45.7 Å². The van der Waals surface area contributed by atoms with Gasteiger partial charge >= 0.3 is 0 Å². The molecule has 6 rings (SSSR count). The van der Waals surface area contributed by atoms with Gasteiger partial charge in [-0.05, 0) is 54.1 Å². The molecule has 0 saturated carbocycles. The van der Waals surface area contributed by atoms with E-state index in [1.165, 1.54) is 4.52 Å². The number of benzene rings is 3. The first kappa shape index (κ1) is 26.9. The van der Waals surface area contributed by atoms with E-state index in [-0.39, 0.29) is 22.6 Å². The molecule has 0 atom stereocenters. The third-order valence-electron chi connectivity index (χ3n) is 6.69. The summed E-state index contributed by atoms with van der Waals surface area (Å²) in [5.74, 6) is 1.85. The van der Waals surface area contributed by atoms with Crippen LogP contribution in [-0.2, 0) is 6.42 Å². The fourth-order valence-corrected chi connectivity index (χ4v) is 5.44. The first-order valence-corrected chi connectivity index (χ1v) is 13.7. The summed E-state index contributed by atoms with van der Waals surface area (Å²) in [4.78, 5) is 30.7. The summed E-state index contributed by atoms with van der Waals surface area (Å²) in [5.41, 5.74) is 3.14. The molecule has 0 aliphatic carbocycles. The molecule has 0 fully saturated rings. The van der Waals surface area contributed by atoms with Crippen LogP contribution in [0.1, 0.15) is 16.8 Å². The molecule has 0 spiro atoms. The number of methoxy groups -OCH3 is 3. The smallest absolute Gasteiger partial charge is 0.296 e. The van der Waals surface area contributed by atoms with Crippen molar-refractivity contribution in [3.8, 4) is 34.2 Å². The lowest BCUT2D eigenvalue weighted by Crippen LogP contribution is -2.28. The zero-order chi connectivity index (χ0) is 29.2. The van der Waals surface area contributed by atoms with Crippen molar-refractivity contribution in [2.24, 2.45) is 0 Å². The third kappa shape index (κ3) is 5.13. The number of nitrogens with zero attached hydrogens (tertiary/aromatic N) is 5. The lowest BCUT2D eigenvalue weighted by atomic mass is 10.1. The molecule has 11 heteroatoms. The molecule has 3 aromatic heterocycles. The second-order valence-corrected chi connectivity index (χ2v) is 10.3. The fraction of sp³-hybridized carbons (Fsp3) is 0.129. The van der Waals surface area contributed by atoms with Crippen LogP contribution >= 0.6 is 11.3 Å². The summed E-state index contributed by atoms with van der Waals surface area (Å²) < 4.78 is 19.4. The van der Waals surface area contributed by atoms with Crippen LogP contribution in [0, 0.1) is 0 Å². The number of aromatic nitrogens is 5. The Morgan fingerprint density at radius 1 is 0.857 bits per heavy atom. The van der Waals surface area contributed by atoms with E-state index in [0.29, 0.717) is 33.0 Å². The molecule has 0 N–H and O–H groups in total. The van der Waals surface area contributed by atoms with Gasteiger partial charge in [0.05, 0.1) is 31.5 Å². The summed E-state index contributed by atoms with van der Waals surface area (Å²) in [6, 6.07) is 22.5. The Morgan fingerprint density at radius 3 is 2.33 bits per heavy atom. The van der Waals surface area contributed by atoms with E-state index >= 15 is 0 Å². The quantitative estimate of drug-likeness (QED) is 0.270. The molecule has 0 saturated heterocycles. The highest BCUT2D eigenvalue weighted by molar-refractivity contribution is 7.15. The zero-order valence-corrected chi connectivity index (χ0v) is 23.8.